The van der Waals surface area contributed by atoms with Crippen LogP contribution in [0.2, 0.25) is 0 Å². The van der Waals surface area contributed by atoms with E-state index in [1.54, 1.807) is 13.2 Å². The molecule has 6 nitrogen and oxygen atoms in total. The van der Waals surface area contributed by atoms with Crippen molar-refractivity contribution in [1.29, 1.82) is 0 Å². The van der Waals surface area contributed by atoms with Crippen LogP contribution in [0, 0.1) is 0 Å². The molecule has 0 saturated carbocycles. The van der Waals surface area contributed by atoms with Crippen molar-refractivity contribution in [3.05, 3.63) is 59.7 Å². The number of amides is 1. The van der Waals surface area contributed by atoms with Crippen molar-refractivity contribution in [3.8, 4) is 11.5 Å². The maximum absolute atomic E-state index is 12.6. The van der Waals surface area contributed by atoms with Gasteiger partial charge in [-0.15, -0.1) is 0 Å². The van der Waals surface area contributed by atoms with Gasteiger partial charge in [-0.2, -0.15) is 0 Å². The van der Waals surface area contributed by atoms with E-state index in [1.807, 2.05) is 37.3 Å². The number of benzene rings is 2. The lowest BCUT2D eigenvalue weighted by Gasteiger charge is -2.26. The van der Waals surface area contributed by atoms with E-state index in [0.717, 1.165) is 38.4 Å². The van der Waals surface area contributed by atoms with E-state index in [4.69, 9.17) is 14.2 Å². The van der Waals surface area contributed by atoms with Crippen molar-refractivity contribution in [3.63, 3.8) is 0 Å². The Bertz CT molecular complexity index is 790. The molecule has 3 rings (SSSR count). The van der Waals surface area contributed by atoms with Crippen LogP contribution >= 0.6 is 0 Å². The second-order valence-electron chi connectivity index (χ2n) is 7.12. The Balaban J connectivity index is 1.53. The minimum atomic E-state index is -0.543. The van der Waals surface area contributed by atoms with E-state index in [-0.39, 0.29) is 5.91 Å². The summed E-state index contributed by atoms with van der Waals surface area (Å²) < 4.78 is 16.5. The Labute approximate surface area is 172 Å². The number of methoxy groups -OCH3 is 1. The van der Waals surface area contributed by atoms with Gasteiger partial charge in [0.05, 0.1) is 20.3 Å². The van der Waals surface area contributed by atoms with Crippen LogP contribution in [0.25, 0.3) is 0 Å². The fourth-order valence-electron chi connectivity index (χ4n) is 3.32. The molecule has 1 saturated heterocycles. The molecule has 1 heterocycles. The molecular formula is C23H30N2O4. The third-order valence-corrected chi connectivity index (χ3v) is 4.95. The fraction of sp³-hybridized carbons (Fsp3) is 0.435. The third-order valence-electron chi connectivity index (χ3n) is 4.95. The van der Waals surface area contributed by atoms with Crippen molar-refractivity contribution in [2.75, 3.05) is 33.4 Å². The fourth-order valence-corrected chi connectivity index (χ4v) is 3.32. The monoisotopic (exact) mass is 398 g/mol. The molecule has 1 aliphatic heterocycles. The minimum Gasteiger partial charge on any atom is -0.497 e. The van der Waals surface area contributed by atoms with Gasteiger partial charge in [-0.05, 0) is 29.7 Å². The molecule has 1 N–H and O–H groups in total. The molecule has 1 atom stereocenters. The maximum Gasteiger partial charge on any atom is 0.261 e. The third kappa shape index (κ3) is 6.48. The number of nitrogens with one attached hydrogen (secondary N) is 1. The quantitative estimate of drug-likeness (QED) is 0.704. The Hall–Kier alpha value is -2.57. The van der Waals surface area contributed by atoms with Gasteiger partial charge in [0.15, 0.2) is 6.10 Å². The Morgan fingerprint density at radius 2 is 1.83 bits per heavy atom. The molecule has 6 heteroatoms. The maximum atomic E-state index is 12.6. The molecular weight excluding hydrogens is 368 g/mol. The summed E-state index contributed by atoms with van der Waals surface area (Å²) in [5, 5.41) is 3.00. The zero-order chi connectivity index (χ0) is 20.5. The molecule has 1 aliphatic rings. The summed E-state index contributed by atoms with van der Waals surface area (Å²) in [6.07, 6.45) is 0.0405. The number of rotatable bonds is 9. The van der Waals surface area contributed by atoms with Crippen molar-refractivity contribution in [1.82, 2.24) is 10.2 Å². The standard InChI is InChI=1S/C23H30N2O4/c1-3-22(29-21-9-5-8-20(15-21)27-2)23(26)24-16-18-6-4-7-19(14-18)17-25-10-12-28-13-11-25/h4-9,14-15,22H,3,10-13,16-17H2,1-2H3,(H,24,26). The molecule has 0 aromatic heterocycles. The topological polar surface area (TPSA) is 60.0 Å². The molecule has 1 fully saturated rings. The molecule has 1 unspecified atom stereocenters. The number of ether oxygens (including phenoxy) is 3. The summed E-state index contributed by atoms with van der Waals surface area (Å²) in [7, 11) is 1.61. The van der Waals surface area contributed by atoms with Crippen molar-refractivity contribution < 1.29 is 19.0 Å². The number of morpholine rings is 1. The number of nitrogens with zero attached hydrogens (tertiary/aromatic N) is 1. The molecule has 2 aromatic carbocycles. The Kier molecular flexibility index (Phi) is 7.90. The second-order valence-corrected chi connectivity index (χ2v) is 7.12. The van der Waals surface area contributed by atoms with E-state index in [9.17, 15) is 4.79 Å². The van der Waals surface area contributed by atoms with Crippen LogP contribution in [0.4, 0.5) is 0 Å². The highest BCUT2D eigenvalue weighted by molar-refractivity contribution is 5.81. The molecule has 29 heavy (non-hydrogen) atoms. The highest BCUT2D eigenvalue weighted by Crippen LogP contribution is 2.20. The van der Waals surface area contributed by atoms with Gasteiger partial charge < -0.3 is 19.5 Å². The number of carbonyl (C=O) groups excluding carboxylic acids is 1. The smallest absolute Gasteiger partial charge is 0.261 e. The summed E-state index contributed by atoms with van der Waals surface area (Å²) >= 11 is 0. The SMILES string of the molecule is CCC(Oc1cccc(OC)c1)C(=O)NCc1cccc(CN2CCOCC2)c1. The molecule has 0 bridgehead atoms. The lowest BCUT2D eigenvalue weighted by Crippen LogP contribution is -2.37. The van der Waals surface area contributed by atoms with Gasteiger partial charge in [-0.25, -0.2) is 0 Å². The van der Waals surface area contributed by atoms with Crippen molar-refractivity contribution in [2.24, 2.45) is 0 Å². The normalized spacial score (nSPS) is 15.5. The van der Waals surface area contributed by atoms with Gasteiger partial charge in [0.25, 0.3) is 5.91 Å². The molecule has 2 aromatic rings. The van der Waals surface area contributed by atoms with Crippen LogP contribution in [0.1, 0.15) is 24.5 Å². The van der Waals surface area contributed by atoms with E-state index >= 15 is 0 Å². The van der Waals surface area contributed by atoms with Crippen LogP contribution in [0.3, 0.4) is 0 Å². The first kappa shape index (κ1) is 21.1. The zero-order valence-corrected chi connectivity index (χ0v) is 17.2. The predicted octanol–water partition coefficient (Wildman–Crippen LogP) is 3.00. The van der Waals surface area contributed by atoms with Crippen LogP contribution in [-0.2, 0) is 22.6 Å². The van der Waals surface area contributed by atoms with Crippen LogP contribution in [-0.4, -0.2) is 50.3 Å². The average Bonchev–Trinajstić information content (AvgIpc) is 2.77. The number of carbonyl (C=O) groups is 1. The summed E-state index contributed by atoms with van der Waals surface area (Å²) in [6.45, 7) is 6.83. The van der Waals surface area contributed by atoms with Crippen LogP contribution in [0.15, 0.2) is 48.5 Å². The van der Waals surface area contributed by atoms with Gasteiger partial charge in [0.1, 0.15) is 11.5 Å². The zero-order valence-electron chi connectivity index (χ0n) is 17.2. The van der Waals surface area contributed by atoms with Crippen LogP contribution < -0.4 is 14.8 Å². The largest absolute Gasteiger partial charge is 0.497 e. The predicted molar refractivity (Wildman–Crippen MR) is 112 cm³/mol. The van der Waals surface area contributed by atoms with Gasteiger partial charge in [0, 0.05) is 32.2 Å². The first-order valence-electron chi connectivity index (χ1n) is 10.1. The molecule has 0 spiro atoms. The number of hydrogen-bond donors (Lipinski definition) is 1. The van der Waals surface area contributed by atoms with E-state index in [0.29, 0.717) is 24.5 Å². The summed E-state index contributed by atoms with van der Waals surface area (Å²) in [6, 6.07) is 15.7. The van der Waals surface area contributed by atoms with E-state index in [2.05, 4.69) is 22.3 Å². The second kappa shape index (κ2) is 10.8. The molecule has 1 amide bonds. The van der Waals surface area contributed by atoms with Crippen molar-refractivity contribution >= 4 is 5.91 Å². The van der Waals surface area contributed by atoms with E-state index in [1.165, 1.54) is 5.56 Å². The Morgan fingerprint density at radius 3 is 2.59 bits per heavy atom. The minimum absolute atomic E-state index is 0.117. The highest BCUT2D eigenvalue weighted by atomic mass is 16.5. The molecule has 156 valence electrons. The summed E-state index contributed by atoms with van der Waals surface area (Å²) in [5.41, 5.74) is 2.33. The lowest BCUT2D eigenvalue weighted by atomic mass is 10.1. The van der Waals surface area contributed by atoms with Gasteiger partial charge in [-0.1, -0.05) is 37.3 Å². The average molecular weight is 399 g/mol. The molecule has 0 aliphatic carbocycles. The van der Waals surface area contributed by atoms with Crippen LogP contribution in [0.5, 0.6) is 11.5 Å². The van der Waals surface area contributed by atoms with Gasteiger partial charge in [0.2, 0.25) is 0 Å². The van der Waals surface area contributed by atoms with E-state index < -0.39 is 6.10 Å². The summed E-state index contributed by atoms with van der Waals surface area (Å²) in [5.74, 6) is 1.21. The lowest BCUT2D eigenvalue weighted by molar-refractivity contribution is -0.128. The first-order valence-corrected chi connectivity index (χ1v) is 10.1. The van der Waals surface area contributed by atoms with Crippen molar-refractivity contribution in [2.45, 2.75) is 32.5 Å². The first-order chi connectivity index (χ1) is 14.2. The Morgan fingerprint density at radius 1 is 1.10 bits per heavy atom. The van der Waals surface area contributed by atoms with Gasteiger partial charge >= 0.3 is 0 Å². The summed E-state index contributed by atoms with van der Waals surface area (Å²) in [4.78, 5) is 15.0. The highest BCUT2D eigenvalue weighted by Gasteiger charge is 2.18. The van der Waals surface area contributed by atoms with Gasteiger partial charge in [-0.3, -0.25) is 9.69 Å². The molecule has 0 radical (unpaired) electrons. The number of hydrogen-bond acceptors (Lipinski definition) is 5.